The quantitative estimate of drug-likeness (QED) is 0.792. The molecule has 1 saturated carbocycles. The molecule has 2 rings (SSSR count). The van der Waals surface area contributed by atoms with Crippen molar-refractivity contribution in [3.8, 4) is 0 Å². The van der Waals surface area contributed by atoms with Crippen LogP contribution in [0.5, 0.6) is 0 Å². The van der Waals surface area contributed by atoms with Gasteiger partial charge in [0.15, 0.2) is 0 Å². The second-order valence-corrected chi connectivity index (χ2v) is 3.75. The van der Waals surface area contributed by atoms with Crippen LogP contribution in [0.25, 0.3) is 0 Å². The minimum atomic E-state index is -0.936. The minimum absolute atomic E-state index is 0.226. The number of hydrogen-bond donors (Lipinski definition) is 1. The second-order valence-electron chi connectivity index (χ2n) is 3.75. The van der Waals surface area contributed by atoms with Crippen molar-refractivity contribution in [2.45, 2.75) is 25.4 Å². The predicted molar refractivity (Wildman–Crippen MR) is 50.2 cm³/mol. The molecule has 1 aliphatic carbocycles. The summed E-state index contributed by atoms with van der Waals surface area (Å²) in [6.45, 7) is 0.692. The number of nitrogens with zero attached hydrogens (tertiary/aromatic N) is 1. The van der Waals surface area contributed by atoms with E-state index in [-0.39, 0.29) is 5.56 Å². The van der Waals surface area contributed by atoms with Crippen molar-refractivity contribution < 1.29 is 14.3 Å². The lowest BCUT2D eigenvalue weighted by Crippen LogP contribution is -2.19. The first-order valence-electron chi connectivity index (χ1n) is 4.68. The van der Waals surface area contributed by atoms with Crippen LogP contribution in [0.1, 0.15) is 29.0 Å². The third-order valence-electron chi connectivity index (χ3n) is 2.48. The molecule has 1 aromatic heterocycles. The van der Waals surface area contributed by atoms with Crippen molar-refractivity contribution in [2.75, 3.05) is 7.05 Å². The van der Waals surface area contributed by atoms with Crippen LogP contribution in [0.4, 0.5) is 0 Å². The van der Waals surface area contributed by atoms with E-state index in [4.69, 9.17) is 9.52 Å². The molecule has 1 aliphatic rings. The summed E-state index contributed by atoms with van der Waals surface area (Å²) in [5.74, 6) is -0.217. The highest BCUT2D eigenvalue weighted by Gasteiger charge is 2.26. The molecule has 4 nitrogen and oxygen atoms in total. The first kappa shape index (κ1) is 9.27. The number of carboxylic acid groups (broad SMARTS) is 1. The second kappa shape index (κ2) is 3.46. The maximum absolute atomic E-state index is 10.6. The molecule has 0 bridgehead atoms. The number of aromatic carboxylic acids is 1. The summed E-state index contributed by atoms with van der Waals surface area (Å²) in [4.78, 5) is 12.8. The van der Waals surface area contributed by atoms with Crippen LogP contribution >= 0.6 is 0 Å². The van der Waals surface area contributed by atoms with E-state index >= 15 is 0 Å². The van der Waals surface area contributed by atoms with Gasteiger partial charge < -0.3 is 9.52 Å². The lowest BCUT2D eigenvalue weighted by atomic mass is 10.3. The van der Waals surface area contributed by atoms with Gasteiger partial charge in [0.25, 0.3) is 0 Å². The van der Waals surface area contributed by atoms with Gasteiger partial charge in [-0.1, -0.05) is 0 Å². The van der Waals surface area contributed by atoms with Crippen LogP contribution in [-0.4, -0.2) is 29.1 Å². The Morgan fingerprint density at radius 2 is 2.43 bits per heavy atom. The van der Waals surface area contributed by atoms with Gasteiger partial charge in [-0.05, 0) is 26.0 Å². The highest BCUT2D eigenvalue weighted by atomic mass is 16.4. The molecule has 0 spiro atoms. The largest absolute Gasteiger partial charge is 0.478 e. The van der Waals surface area contributed by atoms with Gasteiger partial charge in [-0.15, -0.1) is 0 Å². The summed E-state index contributed by atoms with van der Waals surface area (Å²) in [7, 11) is 2.03. The molecule has 1 aromatic rings. The molecule has 1 heterocycles. The van der Waals surface area contributed by atoms with Crippen LogP contribution in [0.15, 0.2) is 16.7 Å². The normalized spacial score (nSPS) is 16.1. The van der Waals surface area contributed by atoms with E-state index in [1.165, 1.54) is 19.1 Å². The first-order chi connectivity index (χ1) is 6.66. The number of carboxylic acids is 1. The fourth-order valence-corrected chi connectivity index (χ4v) is 1.47. The molecule has 0 unspecified atom stereocenters. The van der Waals surface area contributed by atoms with E-state index in [1.807, 2.05) is 7.05 Å². The van der Waals surface area contributed by atoms with Crippen LogP contribution in [0, 0.1) is 0 Å². The fourth-order valence-electron chi connectivity index (χ4n) is 1.47. The van der Waals surface area contributed by atoms with Crippen molar-refractivity contribution in [1.29, 1.82) is 0 Å². The number of furan rings is 1. The fraction of sp³-hybridized carbons (Fsp3) is 0.500. The Hall–Kier alpha value is -1.29. The standard InChI is InChI=1S/C10H13NO3/c1-11(8-2-3-8)5-9-4-7(6-14-9)10(12)13/h4,6,8H,2-3,5H2,1H3,(H,12,13). The third kappa shape index (κ3) is 1.96. The van der Waals surface area contributed by atoms with Crippen LogP contribution in [0.3, 0.4) is 0 Å². The molecule has 1 fully saturated rings. The SMILES string of the molecule is CN(Cc1cc(C(=O)O)co1)C1CC1. The first-order valence-corrected chi connectivity index (χ1v) is 4.68. The Bertz CT molecular complexity index is 341. The molecular formula is C10H13NO3. The van der Waals surface area contributed by atoms with Gasteiger partial charge in [-0.2, -0.15) is 0 Å². The summed E-state index contributed by atoms with van der Waals surface area (Å²) in [6.07, 6.45) is 3.77. The van der Waals surface area contributed by atoms with Crippen molar-refractivity contribution in [1.82, 2.24) is 4.90 Å². The number of hydrogen-bond acceptors (Lipinski definition) is 3. The molecule has 0 saturated heterocycles. The van der Waals surface area contributed by atoms with E-state index in [0.29, 0.717) is 12.6 Å². The third-order valence-corrected chi connectivity index (χ3v) is 2.48. The summed E-state index contributed by atoms with van der Waals surface area (Å²) >= 11 is 0. The van der Waals surface area contributed by atoms with E-state index in [1.54, 1.807) is 6.07 Å². The monoisotopic (exact) mass is 195 g/mol. The summed E-state index contributed by atoms with van der Waals surface area (Å²) < 4.78 is 5.15. The Balaban J connectivity index is 1.98. The average molecular weight is 195 g/mol. The lowest BCUT2D eigenvalue weighted by Gasteiger charge is -2.12. The Morgan fingerprint density at radius 1 is 1.71 bits per heavy atom. The molecule has 0 atom stereocenters. The molecule has 4 heteroatoms. The predicted octanol–water partition coefficient (Wildman–Crippen LogP) is 1.57. The smallest absolute Gasteiger partial charge is 0.338 e. The average Bonchev–Trinajstić information content (AvgIpc) is 2.87. The van der Waals surface area contributed by atoms with E-state index < -0.39 is 5.97 Å². The Morgan fingerprint density at radius 3 is 2.93 bits per heavy atom. The van der Waals surface area contributed by atoms with Gasteiger partial charge in [-0.3, -0.25) is 4.90 Å². The van der Waals surface area contributed by atoms with Crippen LogP contribution in [-0.2, 0) is 6.54 Å². The van der Waals surface area contributed by atoms with Gasteiger partial charge in [-0.25, -0.2) is 4.79 Å². The van der Waals surface area contributed by atoms with E-state index in [0.717, 1.165) is 5.76 Å². The van der Waals surface area contributed by atoms with Crippen LogP contribution < -0.4 is 0 Å². The summed E-state index contributed by atoms with van der Waals surface area (Å²) in [5, 5.41) is 8.68. The molecule has 0 amide bonds. The van der Waals surface area contributed by atoms with Crippen molar-refractivity contribution in [3.63, 3.8) is 0 Å². The molecule has 0 radical (unpaired) electrons. The Labute approximate surface area is 82.1 Å². The van der Waals surface area contributed by atoms with E-state index in [9.17, 15) is 4.79 Å². The number of carbonyl (C=O) groups is 1. The zero-order valence-electron chi connectivity index (χ0n) is 8.06. The maximum Gasteiger partial charge on any atom is 0.338 e. The highest BCUT2D eigenvalue weighted by Crippen LogP contribution is 2.26. The van der Waals surface area contributed by atoms with Gasteiger partial charge in [0.1, 0.15) is 12.0 Å². The van der Waals surface area contributed by atoms with Crippen LogP contribution in [0.2, 0.25) is 0 Å². The van der Waals surface area contributed by atoms with Crippen molar-refractivity contribution >= 4 is 5.97 Å². The molecule has 0 aliphatic heterocycles. The molecule has 14 heavy (non-hydrogen) atoms. The molecule has 76 valence electrons. The molecule has 1 N–H and O–H groups in total. The molecule has 0 aromatic carbocycles. The Kier molecular flexibility index (Phi) is 2.29. The highest BCUT2D eigenvalue weighted by molar-refractivity contribution is 5.87. The van der Waals surface area contributed by atoms with Gasteiger partial charge in [0.05, 0.1) is 12.1 Å². The van der Waals surface area contributed by atoms with E-state index in [2.05, 4.69) is 4.90 Å². The minimum Gasteiger partial charge on any atom is -0.478 e. The van der Waals surface area contributed by atoms with Gasteiger partial charge >= 0.3 is 5.97 Å². The summed E-state index contributed by atoms with van der Waals surface area (Å²) in [6, 6.07) is 2.25. The van der Waals surface area contributed by atoms with Gasteiger partial charge in [0, 0.05) is 6.04 Å². The maximum atomic E-state index is 10.6. The zero-order chi connectivity index (χ0) is 10.1. The summed E-state index contributed by atoms with van der Waals surface area (Å²) in [5.41, 5.74) is 0.226. The molecular weight excluding hydrogens is 182 g/mol. The van der Waals surface area contributed by atoms with Crippen molar-refractivity contribution in [3.05, 3.63) is 23.7 Å². The number of rotatable bonds is 4. The topological polar surface area (TPSA) is 53.7 Å². The van der Waals surface area contributed by atoms with Crippen molar-refractivity contribution in [2.24, 2.45) is 0 Å². The zero-order valence-corrected chi connectivity index (χ0v) is 8.06. The lowest BCUT2D eigenvalue weighted by molar-refractivity contribution is 0.0696. The van der Waals surface area contributed by atoms with Gasteiger partial charge in [0.2, 0.25) is 0 Å².